The summed E-state index contributed by atoms with van der Waals surface area (Å²) in [6.45, 7) is 1.42. The molecule has 6 nitrogen and oxygen atoms in total. The van der Waals surface area contributed by atoms with Gasteiger partial charge >= 0.3 is 0 Å². The van der Waals surface area contributed by atoms with Gasteiger partial charge in [0.15, 0.2) is 11.5 Å². The molecule has 2 aromatic rings. The van der Waals surface area contributed by atoms with Crippen molar-refractivity contribution in [3.63, 3.8) is 0 Å². The molecule has 0 bridgehead atoms. The molecule has 6 heteroatoms. The maximum atomic E-state index is 13.0. The van der Waals surface area contributed by atoms with Crippen molar-refractivity contribution < 1.29 is 14.3 Å². The molecule has 2 heterocycles. The summed E-state index contributed by atoms with van der Waals surface area (Å²) in [6.07, 6.45) is 5.30. The Labute approximate surface area is 152 Å². The van der Waals surface area contributed by atoms with Crippen LogP contribution in [0.3, 0.4) is 0 Å². The minimum absolute atomic E-state index is 0.148. The van der Waals surface area contributed by atoms with Crippen LogP contribution in [0.2, 0.25) is 0 Å². The molecular weight excluding hydrogens is 332 g/mol. The van der Waals surface area contributed by atoms with Crippen LogP contribution in [0.4, 0.5) is 0 Å². The third-order valence-corrected chi connectivity index (χ3v) is 4.41. The number of ether oxygens (including phenoxy) is 2. The summed E-state index contributed by atoms with van der Waals surface area (Å²) in [7, 11) is 3.13. The third-order valence-electron chi connectivity index (χ3n) is 4.41. The molecule has 0 atom stereocenters. The van der Waals surface area contributed by atoms with Crippen molar-refractivity contribution in [1.82, 2.24) is 9.47 Å². The van der Waals surface area contributed by atoms with E-state index in [-0.39, 0.29) is 11.5 Å². The fourth-order valence-corrected chi connectivity index (χ4v) is 3.04. The Morgan fingerprint density at radius 2 is 1.77 bits per heavy atom. The van der Waals surface area contributed by atoms with E-state index in [1.165, 1.54) is 10.6 Å². The van der Waals surface area contributed by atoms with Crippen LogP contribution in [0.5, 0.6) is 11.5 Å². The van der Waals surface area contributed by atoms with E-state index in [4.69, 9.17) is 9.47 Å². The molecule has 1 amide bonds. The first kappa shape index (κ1) is 17.8. The van der Waals surface area contributed by atoms with Crippen LogP contribution in [-0.4, -0.2) is 42.7 Å². The number of nitrogens with zero attached hydrogens (tertiary/aromatic N) is 2. The first-order valence-electron chi connectivity index (χ1n) is 8.55. The monoisotopic (exact) mass is 354 g/mol. The number of hydrogen-bond donors (Lipinski definition) is 0. The summed E-state index contributed by atoms with van der Waals surface area (Å²) in [5.74, 6) is 1.02. The van der Waals surface area contributed by atoms with E-state index in [9.17, 15) is 9.59 Å². The van der Waals surface area contributed by atoms with E-state index in [1.54, 1.807) is 55.7 Å². The number of aromatic nitrogens is 1. The van der Waals surface area contributed by atoms with Gasteiger partial charge in [0.1, 0.15) is 5.70 Å². The lowest BCUT2D eigenvalue weighted by Crippen LogP contribution is -2.33. The molecule has 1 aliphatic rings. The summed E-state index contributed by atoms with van der Waals surface area (Å²) in [4.78, 5) is 27.1. The molecule has 0 radical (unpaired) electrons. The Balaban J connectivity index is 2.08. The van der Waals surface area contributed by atoms with Gasteiger partial charge in [0.05, 0.1) is 14.2 Å². The van der Waals surface area contributed by atoms with Gasteiger partial charge < -0.3 is 14.4 Å². The zero-order chi connectivity index (χ0) is 18.5. The average Bonchev–Trinajstić information content (AvgIpc) is 3.21. The quantitative estimate of drug-likeness (QED) is 0.774. The largest absolute Gasteiger partial charge is 0.493 e. The molecule has 0 saturated carbocycles. The van der Waals surface area contributed by atoms with Crippen LogP contribution in [0.25, 0.3) is 11.8 Å². The lowest BCUT2D eigenvalue weighted by atomic mass is 10.1. The van der Waals surface area contributed by atoms with Crippen molar-refractivity contribution in [3.05, 3.63) is 58.5 Å². The van der Waals surface area contributed by atoms with Gasteiger partial charge in [-0.2, -0.15) is 0 Å². The second-order valence-electron chi connectivity index (χ2n) is 6.05. The zero-order valence-electron chi connectivity index (χ0n) is 15.0. The maximum absolute atomic E-state index is 13.0. The molecule has 1 aliphatic heterocycles. The highest BCUT2D eigenvalue weighted by atomic mass is 16.5. The fourth-order valence-electron chi connectivity index (χ4n) is 3.04. The Kier molecular flexibility index (Phi) is 5.41. The molecule has 1 saturated heterocycles. The van der Waals surface area contributed by atoms with Crippen LogP contribution in [-0.2, 0) is 4.79 Å². The highest BCUT2D eigenvalue weighted by molar-refractivity contribution is 6.18. The van der Waals surface area contributed by atoms with Gasteiger partial charge in [-0.25, -0.2) is 0 Å². The number of benzene rings is 1. The predicted octanol–water partition coefficient (Wildman–Crippen LogP) is 2.49. The van der Waals surface area contributed by atoms with Crippen molar-refractivity contribution in [1.29, 1.82) is 0 Å². The normalized spacial score (nSPS) is 14.4. The van der Waals surface area contributed by atoms with Crippen molar-refractivity contribution in [3.8, 4) is 11.5 Å². The van der Waals surface area contributed by atoms with Crippen LogP contribution in [0, 0.1) is 0 Å². The zero-order valence-corrected chi connectivity index (χ0v) is 15.0. The standard InChI is InChI=1S/C20H22N2O4/c1-25-17-9-8-15(14-18(17)26-2)13-16(20(24)21-10-5-6-11-21)22-12-4-3-7-19(22)23/h3-4,7-9,12-14H,5-6,10-11H2,1-2H3. The molecule has 1 aromatic carbocycles. The molecular formula is C20H22N2O4. The van der Waals surface area contributed by atoms with Gasteiger partial charge in [0, 0.05) is 25.4 Å². The lowest BCUT2D eigenvalue weighted by Gasteiger charge is -2.19. The number of carbonyl (C=O) groups is 1. The van der Waals surface area contributed by atoms with Gasteiger partial charge in [0.25, 0.3) is 11.5 Å². The number of hydrogen-bond acceptors (Lipinski definition) is 4. The smallest absolute Gasteiger partial charge is 0.270 e. The van der Waals surface area contributed by atoms with Gasteiger partial charge in [-0.1, -0.05) is 12.1 Å². The summed E-state index contributed by atoms with van der Waals surface area (Å²) in [5, 5.41) is 0. The molecule has 3 rings (SSSR count). The predicted molar refractivity (Wildman–Crippen MR) is 100 cm³/mol. The molecule has 26 heavy (non-hydrogen) atoms. The van der Waals surface area contributed by atoms with Gasteiger partial charge in [0.2, 0.25) is 0 Å². The van der Waals surface area contributed by atoms with Gasteiger partial charge in [-0.05, 0) is 42.7 Å². The molecule has 1 fully saturated rings. The average molecular weight is 354 g/mol. The molecule has 0 aliphatic carbocycles. The van der Waals surface area contributed by atoms with Crippen molar-refractivity contribution >= 4 is 17.7 Å². The van der Waals surface area contributed by atoms with E-state index in [2.05, 4.69) is 0 Å². The van der Waals surface area contributed by atoms with E-state index in [0.717, 1.165) is 18.4 Å². The fraction of sp³-hybridized carbons (Fsp3) is 0.300. The number of carbonyl (C=O) groups excluding carboxylic acids is 1. The van der Waals surface area contributed by atoms with Crippen LogP contribution in [0.15, 0.2) is 47.4 Å². The molecule has 0 unspecified atom stereocenters. The number of pyridine rings is 1. The Bertz CT molecular complexity index is 879. The van der Waals surface area contributed by atoms with E-state index >= 15 is 0 Å². The Morgan fingerprint density at radius 1 is 1.04 bits per heavy atom. The highest BCUT2D eigenvalue weighted by Crippen LogP contribution is 2.29. The SMILES string of the molecule is COc1ccc(C=C(C(=O)N2CCCC2)n2ccccc2=O)cc1OC. The summed E-state index contributed by atoms with van der Waals surface area (Å²) >= 11 is 0. The molecule has 136 valence electrons. The van der Waals surface area contributed by atoms with Crippen molar-refractivity contribution in [2.75, 3.05) is 27.3 Å². The van der Waals surface area contributed by atoms with Crippen LogP contribution in [0.1, 0.15) is 18.4 Å². The molecule has 0 N–H and O–H groups in total. The number of methoxy groups -OCH3 is 2. The number of likely N-dealkylation sites (tertiary alicyclic amines) is 1. The molecule has 1 aromatic heterocycles. The van der Waals surface area contributed by atoms with Gasteiger partial charge in [-0.15, -0.1) is 0 Å². The van der Waals surface area contributed by atoms with Crippen LogP contribution < -0.4 is 15.0 Å². The number of amides is 1. The maximum Gasteiger partial charge on any atom is 0.270 e. The summed E-state index contributed by atoms with van der Waals surface area (Å²) in [5.41, 5.74) is 0.831. The first-order chi connectivity index (χ1) is 12.6. The van der Waals surface area contributed by atoms with Gasteiger partial charge in [-0.3, -0.25) is 14.2 Å². The summed E-state index contributed by atoms with van der Waals surface area (Å²) in [6, 6.07) is 10.2. The van der Waals surface area contributed by atoms with E-state index in [1.807, 2.05) is 6.07 Å². The molecule has 0 spiro atoms. The highest BCUT2D eigenvalue weighted by Gasteiger charge is 2.23. The Hall–Kier alpha value is -3.02. The lowest BCUT2D eigenvalue weighted by molar-refractivity contribution is -0.124. The van der Waals surface area contributed by atoms with Crippen molar-refractivity contribution in [2.24, 2.45) is 0 Å². The topological polar surface area (TPSA) is 60.8 Å². The third kappa shape index (κ3) is 3.64. The minimum Gasteiger partial charge on any atom is -0.493 e. The van der Waals surface area contributed by atoms with E-state index in [0.29, 0.717) is 30.3 Å². The minimum atomic E-state index is -0.244. The summed E-state index contributed by atoms with van der Waals surface area (Å²) < 4.78 is 12.0. The van der Waals surface area contributed by atoms with E-state index < -0.39 is 0 Å². The second kappa shape index (κ2) is 7.91. The first-order valence-corrected chi connectivity index (χ1v) is 8.55. The Morgan fingerprint density at radius 3 is 2.42 bits per heavy atom. The second-order valence-corrected chi connectivity index (χ2v) is 6.05. The van der Waals surface area contributed by atoms with Crippen molar-refractivity contribution in [2.45, 2.75) is 12.8 Å². The van der Waals surface area contributed by atoms with Crippen LogP contribution >= 0.6 is 0 Å². The number of rotatable bonds is 5.